The number of aromatic amines is 1. The standard InChI is InChI=1S/C21H31N3O/c1-3-13-24(14-4-2)19-8-5-17(6-9-19)23-18-7-10-20-16(15-18)11-12-22-21(20)25/h7,10-12,15,17,19,23H,3-6,8-9,13-14H2,1-2H3,(H,22,25). The van der Waals surface area contributed by atoms with Gasteiger partial charge in [0.05, 0.1) is 0 Å². The predicted octanol–water partition coefficient (Wildman–Crippen LogP) is 4.37. The van der Waals surface area contributed by atoms with Gasteiger partial charge in [-0.2, -0.15) is 0 Å². The second kappa shape index (κ2) is 8.52. The lowest BCUT2D eigenvalue weighted by Gasteiger charge is -2.37. The van der Waals surface area contributed by atoms with E-state index in [2.05, 4.69) is 35.1 Å². The molecule has 1 aromatic carbocycles. The maximum atomic E-state index is 11.8. The molecule has 1 aliphatic carbocycles. The van der Waals surface area contributed by atoms with Crippen molar-refractivity contribution in [3.8, 4) is 0 Å². The Kier molecular flexibility index (Phi) is 6.14. The van der Waals surface area contributed by atoms with Gasteiger partial charge in [0.15, 0.2) is 0 Å². The van der Waals surface area contributed by atoms with Crippen molar-refractivity contribution in [2.75, 3.05) is 18.4 Å². The molecule has 0 spiro atoms. The summed E-state index contributed by atoms with van der Waals surface area (Å²) < 4.78 is 0. The molecule has 2 N–H and O–H groups in total. The zero-order valence-electron chi connectivity index (χ0n) is 15.6. The van der Waals surface area contributed by atoms with Gasteiger partial charge >= 0.3 is 0 Å². The Labute approximate surface area is 150 Å². The first-order chi connectivity index (χ1) is 12.2. The minimum Gasteiger partial charge on any atom is -0.382 e. The summed E-state index contributed by atoms with van der Waals surface area (Å²) in [6, 6.07) is 9.31. The highest BCUT2D eigenvalue weighted by molar-refractivity contribution is 5.84. The van der Waals surface area contributed by atoms with Crippen LogP contribution in [0.1, 0.15) is 52.4 Å². The minimum atomic E-state index is -0.0171. The van der Waals surface area contributed by atoms with Crippen LogP contribution in [0.5, 0.6) is 0 Å². The van der Waals surface area contributed by atoms with Gasteiger partial charge in [-0.1, -0.05) is 13.8 Å². The fourth-order valence-electron chi connectivity index (χ4n) is 4.15. The SMILES string of the molecule is CCCN(CCC)C1CCC(Nc2ccc3c(=O)[nH]ccc3c2)CC1. The number of rotatable bonds is 7. The smallest absolute Gasteiger partial charge is 0.255 e. The number of fused-ring (bicyclic) bond motifs is 1. The normalized spacial score (nSPS) is 20.9. The molecular weight excluding hydrogens is 310 g/mol. The zero-order chi connectivity index (χ0) is 17.6. The van der Waals surface area contributed by atoms with Crippen molar-refractivity contribution in [1.82, 2.24) is 9.88 Å². The molecule has 0 unspecified atom stereocenters. The van der Waals surface area contributed by atoms with Gasteiger partial charge in [0.25, 0.3) is 5.56 Å². The predicted molar refractivity (Wildman–Crippen MR) is 106 cm³/mol. The Hall–Kier alpha value is -1.81. The molecule has 25 heavy (non-hydrogen) atoms. The maximum absolute atomic E-state index is 11.8. The largest absolute Gasteiger partial charge is 0.382 e. The highest BCUT2D eigenvalue weighted by atomic mass is 16.1. The van der Waals surface area contributed by atoms with Gasteiger partial charge < -0.3 is 15.2 Å². The molecule has 0 aliphatic heterocycles. The topological polar surface area (TPSA) is 48.1 Å². The molecule has 0 saturated heterocycles. The number of pyridine rings is 1. The molecule has 2 aromatic rings. The van der Waals surface area contributed by atoms with E-state index in [1.165, 1.54) is 51.6 Å². The first kappa shape index (κ1) is 18.0. The average Bonchev–Trinajstić information content (AvgIpc) is 2.62. The Morgan fingerprint density at radius 2 is 1.80 bits per heavy atom. The van der Waals surface area contributed by atoms with Crippen molar-refractivity contribution in [3.63, 3.8) is 0 Å². The van der Waals surface area contributed by atoms with Crippen LogP contribution in [0.3, 0.4) is 0 Å². The van der Waals surface area contributed by atoms with E-state index in [1.807, 2.05) is 18.2 Å². The number of aromatic nitrogens is 1. The summed E-state index contributed by atoms with van der Waals surface area (Å²) in [6.07, 6.45) is 9.22. The number of nitrogens with one attached hydrogen (secondary N) is 2. The van der Waals surface area contributed by atoms with Crippen LogP contribution in [0, 0.1) is 0 Å². The fraction of sp³-hybridized carbons (Fsp3) is 0.571. The van der Waals surface area contributed by atoms with Crippen LogP contribution in [0.4, 0.5) is 5.69 Å². The van der Waals surface area contributed by atoms with Crippen LogP contribution in [0.2, 0.25) is 0 Å². The summed E-state index contributed by atoms with van der Waals surface area (Å²) in [5, 5.41) is 5.44. The first-order valence-corrected chi connectivity index (χ1v) is 9.83. The molecule has 0 bridgehead atoms. The highest BCUT2D eigenvalue weighted by Crippen LogP contribution is 2.27. The lowest BCUT2D eigenvalue weighted by Crippen LogP contribution is -2.41. The van der Waals surface area contributed by atoms with Gasteiger partial charge in [-0.3, -0.25) is 4.79 Å². The molecule has 1 fully saturated rings. The summed E-state index contributed by atoms with van der Waals surface area (Å²) >= 11 is 0. The molecule has 1 saturated carbocycles. The van der Waals surface area contributed by atoms with E-state index >= 15 is 0 Å². The zero-order valence-corrected chi connectivity index (χ0v) is 15.6. The monoisotopic (exact) mass is 341 g/mol. The lowest BCUT2D eigenvalue weighted by molar-refractivity contribution is 0.152. The van der Waals surface area contributed by atoms with Crippen LogP contribution < -0.4 is 10.9 Å². The molecule has 3 rings (SSSR count). The van der Waals surface area contributed by atoms with Gasteiger partial charge in [-0.05, 0) is 81.3 Å². The number of hydrogen-bond acceptors (Lipinski definition) is 3. The lowest BCUT2D eigenvalue weighted by atomic mass is 9.89. The molecule has 0 atom stereocenters. The van der Waals surface area contributed by atoms with Crippen LogP contribution in [0.25, 0.3) is 10.8 Å². The maximum Gasteiger partial charge on any atom is 0.255 e. The van der Waals surface area contributed by atoms with E-state index in [-0.39, 0.29) is 5.56 Å². The molecule has 0 radical (unpaired) electrons. The summed E-state index contributed by atoms with van der Waals surface area (Å²) in [5.41, 5.74) is 1.11. The number of H-pyrrole nitrogens is 1. The van der Waals surface area contributed by atoms with Crippen molar-refractivity contribution in [3.05, 3.63) is 40.8 Å². The Balaban J connectivity index is 1.59. The van der Waals surface area contributed by atoms with Crippen molar-refractivity contribution in [2.24, 2.45) is 0 Å². The molecule has 1 heterocycles. The van der Waals surface area contributed by atoms with E-state index < -0.39 is 0 Å². The van der Waals surface area contributed by atoms with Gasteiger partial charge in [0, 0.05) is 29.4 Å². The molecule has 4 heteroatoms. The van der Waals surface area contributed by atoms with Crippen LogP contribution in [-0.4, -0.2) is 35.1 Å². The number of nitrogens with zero attached hydrogens (tertiary/aromatic N) is 1. The number of benzene rings is 1. The van der Waals surface area contributed by atoms with Crippen molar-refractivity contribution in [2.45, 2.75) is 64.5 Å². The Bertz CT molecular complexity index is 725. The Morgan fingerprint density at radius 1 is 1.08 bits per heavy atom. The van der Waals surface area contributed by atoms with Crippen LogP contribution >= 0.6 is 0 Å². The second-order valence-electron chi connectivity index (χ2n) is 7.29. The third kappa shape index (κ3) is 4.43. The second-order valence-corrected chi connectivity index (χ2v) is 7.29. The molecule has 4 nitrogen and oxygen atoms in total. The summed E-state index contributed by atoms with van der Waals surface area (Å²) in [4.78, 5) is 17.2. The van der Waals surface area contributed by atoms with Gasteiger partial charge in [0.2, 0.25) is 0 Å². The fourth-order valence-corrected chi connectivity index (χ4v) is 4.15. The van der Waals surface area contributed by atoms with Gasteiger partial charge in [-0.25, -0.2) is 0 Å². The van der Waals surface area contributed by atoms with E-state index in [0.717, 1.165) is 22.5 Å². The third-order valence-electron chi connectivity index (χ3n) is 5.38. The summed E-state index contributed by atoms with van der Waals surface area (Å²) in [6.45, 7) is 7.02. The quantitative estimate of drug-likeness (QED) is 0.786. The third-order valence-corrected chi connectivity index (χ3v) is 5.38. The minimum absolute atomic E-state index is 0.0171. The van der Waals surface area contributed by atoms with E-state index in [4.69, 9.17) is 0 Å². The van der Waals surface area contributed by atoms with Gasteiger partial charge in [0.1, 0.15) is 0 Å². The molecule has 1 aliphatic rings. The van der Waals surface area contributed by atoms with Crippen LogP contribution in [0.15, 0.2) is 35.3 Å². The van der Waals surface area contributed by atoms with E-state index in [0.29, 0.717) is 6.04 Å². The molecular formula is C21H31N3O. The van der Waals surface area contributed by atoms with Crippen LogP contribution in [-0.2, 0) is 0 Å². The van der Waals surface area contributed by atoms with Crippen molar-refractivity contribution in [1.29, 1.82) is 0 Å². The van der Waals surface area contributed by atoms with Crippen molar-refractivity contribution >= 4 is 16.5 Å². The van der Waals surface area contributed by atoms with Crippen molar-refractivity contribution < 1.29 is 0 Å². The number of anilines is 1. The molecule has 1 aromatic heterocycles. The molecule has 0 amide bonds. The summed E-state index contributed by atoms with van der Waals surface area (Å²) in [5.74, 6) is 0. The van der Waals surface area contributed by atoms with Gasteiger partial charge in [-0.15, -0.1) is 0 Å². The van der Waals surface area contributed by atoms with E-state index in [1.54, 1.807) is 6.20 Å². The van der Waals surface area contributed by atoms with E-state index in [9.17, 15) is 4.79 Å². The molecule has 136 valence electrons. The highest BCUT2D eigenvalue weighted by Gasteiger charge is 2.25. The average molecular weight is 341 g/mol. The Morgan fingerprint density at radius 3 is 2.48 bits per heavy atom. The summed E-state index contributed by atoms with van der Waals surface area (Å²) in [7, 11) is 0. The first-order valence-electron chi connectivity index (χ1n) is 9.83. The number of hydrogen-bond donors (Lipinski definition) is 2.